The number of rotatable bonds is 2. The average Bonchev–Trinajstić information content (AvgIpc) is 2.98. The summed E-state index contributed by atoms with van der Waals surface area (Å²) in [5, 5.41) is 9.70. The molecule has 3 rings (SSSR count). The van der Waals surface area contributed by atoms with Gasteiger partial charge in [0.1, 0.15) is 0 Å². The third-order valence-electron chi connectivity index (χ3n) is 2.46. The number of aromatic nitrogens is 2. The molecule has 17 heavy (non-hydrogen) atoms. The first kappa shape index (κ1) is 9.64. The molecule has 0 radical (unpaired) electrons. The number of carbonyl (C=O) groups is 1. The van der Waals surface area contributed by atoms with Crippen LogP contribution in [-0.4, -0.2) is 28.7 Å². The van der Waals surface area contributed by atoms with E-state index in [0.29, 0.717) is 11.4 Å². The van der Waals surface area contributed by atoms with Crippen LogP contribution in [0.4, 0.5) is 5.82 Å². The SMILES string of the molecule is NC(=O)c1cc2cccn2nc1N1COC=N1. The minimum Gasteiger partial charge on any atom is -0.459 e. The summed E-state index contributed by atoms with van der Waals surface area (Å²) in [5.41, 5.74) is 6.45. The molecule has 86 valence electrons. The third kappa shape index (κ3) is 1.48. The van der Waals surface area contributed by atoms with Gasteiger partial charge in [-0.3, -0.25) is 4.79 Å². The molecule has 2 aromatic rings. The van der Waals surface area contributed by atoms with Crippen molar-refractivity contribution < 1.29 is 9.53 Å². The lowest BCUT2D eigenvalue weighted by molar-refractivity contribution is 0.100. The Bertz CT molecular complexity index is 618. The molecule has 0 spiro atoms. The molecule has 2 aromatic heterocycles. The van der Waals surface area contributed by atoms with Gasteiger partial charge in [-0.2, -0.15) is 0 Å². The molecule has 3 heterocycles. The molecule has 0 aliphatic carbocycles. The first-order chi connectivity index (χ1) is 8.25. The van der Waals surface area contributed by atoms with Gasteiger partial charge in [-0.25, -0.2) is 9.52 Å². The van der Waals surface area contributed by atoms with Crippen LogP contribution in [-0.2, 0) is 4.74 Å². The molecule has 0 bridgehead atoms. The summed E-state index contributed by atoms with van der Waals surface area (Å²) in [4.78, 5) is 11.4. The zero-order valence-corrected chi connectivity index (χ0v) is 8.78. The molecule has 1 amide bonds. The van der Waals surface area contributed by atoms with E-state index in [-0.39, 0.29) is 6.73 Å². The summed E-state index contributed by atoms with van der Waals surface area (Å²) in [7, 11) is 0. The Morgan fingerprint density at radius 1 is 1.53 bits per heavy atom. The van der Waals surface area contributed by atoms with Gasteiger partial charge in [0.05, 0.1) is 11.1 Å². The second-order valence-electron chi connectivity index (χ2n) is 3.54. The van der Waals surface area contributed by atoms with Gasteiger partial charge < -0.3 is 10.5 Å². The topological polar surface area (TPSA) is 85.2 Å². The van der Waals surface area contributed by atoms with Crippen molar-refractivity contribution in [1.82, 2.24) is 9.61 Å². The molecule has 2 N–H and O–H groups in total. The molecule has 0 unspecified atom stereocenters. The average molecular weight is 231 g/mol. The summed E-state index contributed by atoms with van der Waals surface area (Å²) in [5.74, 6) is -0.159. The van der Waals surface area contributed by atoms with Crippen molar-refractivity contribution >= 4 is 23.6 Å². The number of nitrogens with zero attached hydrogens (tertiary/aromatic N) is 4. The Morgan fingerprint density at radius 3 is 3.12 bits per heavy atom. The largest absolute Gasteiger partial charge is 0.459 e. The van der Waals surface area contributed by atoms with Crippen LogP contribution in [0.2, 0.25) is 0 Å². The van der Waals surface area contributed by atoms with Gasteiger partial charge in [0.25, 0.3) is 5.91 Å². The maximum Gasteiger partial charge on any atom is 0.252 e. The molecule has 0 fully saturated rings. The number of primary amides is 1. The molecule has 0 aromatic carbocycles. The van der Waals surface area contributed by atoms with E-state index in [1.807, 2.05) is 12.1 Å². The summed E-state index contributed by atoms with van der Waals surface area (Å²) in [6, 6.07) is 5.35. The van der Waals surface area contributed by atoms with Crippen molar-refractivity contribution in [2.45, 2.75) is 0 Å². The molecular weight excluding hydrogens is 222 g/mol. The fourth-order valence-electron chi connectivity index (χ4n) is 1.67. The fraction of sp³-hybridized carbons (Fsp3) is 0.100. The Morgan fingerprint density at radius 2 is 2.41 bits per heavy atom. The maximum absolute atomic E-state index is 11.4. The molecular formula is C10H9N5O2. The smallest absolute Gasteiger partial charge is 0.252 e. The fourth-order valence-corrected chi connectivity index (χ4v) is 1.67. The van der Waals surface area contributed by atoms with E-state index in [1.54, 1.807) is 16.8 Å². The number of hydrogen-bond acceptors (Lipinski definition) is 5. The first-order valence-corrected chi connectivity index (χ1v) is 4.95. The molecule has 0 saturated heterocycles. The highest BCUT2D eigenvalue weighted by Gasteiger charge is 2.20. The Kier molecular flexibility index (Phi) is 1.97. The predicted molar refractivity (Wildman–Crippen MR) is 60.6 cm³/mol. The molecule has 7 heteroatoms. The van der Waals surface area contributed by atoms with Crippen molar-refractivity contribution in [2.24, 2.45) is 10.8 Å². The first-order valence-electron chi connectivity index (χ1n) is 4.95. The number of nitrogens with two attached hydrogens (primary N) is 1. The summed E-state index contributed by atoms with van der Waals surface area (Å²) < 4.78 is 6.62. The highest BCUT2D eigenvalue weighted by atomic mass is 16.5. The molecule has 0 saturated carbocycles. The lowest BCUT2D eigenvalue weighted by Crippen LogP contribution is -2.22. The van der Waals surface area contributed by atoms with Crippen molar-refractivity contribution in [1.29, 1.82) is 0 Å². The maximum atomic E-state index is 11.4. The van der Waals surface area contributed by atoms with Crippen LogP contribution in [0.15, 0.2) is 29.5 Å². The minimum absolute atomic E-state index is 0.222. The molecule has 1 aliphatic rings. The summed E-state index contributed by atoms with van der Waals surface area (Å²) >= 11 is 0. The number of anilines is 1. The van der Waals surface area contributed by atoms with E-state index in [4.69, 9.17) is 10.5 Å². The highest BCUT2D eigenvalue weighted by molar-refractivity contribution is 5.98. The van der Waals surface area contributed by atoms with E-state index in [0.717, 1.165) is 5.52 Å². The summed E-state index contributed by atoms with van der Waals surface area (Å²) in [6.07, 6.45) is 3.08. The van der Waals surface area contributed by atoms with E-state index < -0.39 is 5.91 Å². The second-order valence-corrected chi connectivity index (χ2v) is 3.54. The van der Waals surface area contributed by atoms with Crippen molar-refractivity contribution in [3.8, 4) is 0 Å². The monoisotopic (exact) mass is 231 g/mol. The predicted octanol–water partition coefficient (Wildman–Crippen LogP) is 0.171. The zero-order chi connectivity index (χ0) is 11.8. The van der Waals surface area contributed by atoms with Crippen molar-refractivity contribution in [3.05, 3.63) is 30.0 Å². The van der Waals surface area contributed by atoms with Gasteiger partial charge in [0.15, 0.2) is 18.9 Å². The standard InChI is InChI=1S/C10H9N5O2/c11-9(16)8-4-7-2-1-3-14(7)13-10(8)15-6-17-5-12-15/h1-5H,6H2,(H2,11,16). The normalized spacial score (nSPS) is 14.2. The zero-order valence-electron chi connectivity index (χ0n) is 8.78. The van der Waals surface area contributed by atoms with Gasteiger partial charge >= 0.3 is 0 Å². The number of amides is 1. The van der Waals surface area contributed by atoms with E-state index in [2.05, 4.69) is 10.2 Å². The third-order valence-corrected chi connectivity index (χ3v) is 2.46. The number of fused-ring (bicyclic) bond motifs is 1. The Hall–Kier alpha value is -2.57. The molecule has 1 aliphatic heterocycles. The number of hydrogen-bond donors (Lipinski definition) is 1. The lowest BCUT2D eigenvalue weighted by atomic mass is 10.2. The number of carbonyl (C=O) groups excluding carboxylic acids is 1. The van der Waals surface area contributed by atoms with E-state index >= 15 is 0 Å². The highest BCUT2D eigenvalue weighted by Crippen LogP contribution is 2.21. The summed E-state index contributed by atoms with van der Waals surface area (Å²) in [6.45, 7) is 0.222. The Labute approximate surface area is 96.1 Å². The van der Waals surface area contributed by atoms with Crippen LogP contribution < -0.4 is 10.7 Å². The minimum atomic E-state index is -0.543. The Balaban J connectivity index is 2.21. The van der Waals surface area contributed by atoms with Crippen LogP contribution in [0.25, 0.3) is 5.52 Å². The van der Waals surface area contributed by atoms with Crippen LogP contribution in [0.3, 0.4) is 0 Å². The quantitative estimate of drug-likeness (QED) is 0.798. The van der Waals surface area contributed by atoms with Crippen molar-refractivity contribution in [3.63, 3.8) is 0 Å². The van der Waals surface area contributed by atoms with E-state index in [1.165, 1.54) is 11.4 Å². The second kappa shape index (κ2) is 3.48. The van der Waals surface area contributed by atoms with Crippen LogP contribution >= 0.6 is 0 Å². The van der Waals surface area contributed by atoms with Gasteiger partial charge in [0.2, 0.25) is 0 Å². The van der Waals surface area contributed by atoms with Crippen LogP contribution in [0, 0.1) is 0 Å². The van der Waals surface area contributed by atoms with Gasteiger partial charge in [0, 0.05) is 6.20 Å². The van der Waals surface area contributed by atoms with Gasteiger partial charge in [-0.1, -0.05) is 0 Å². The number of ether oxygens (including phenoxy) is 1. The molecule has 0 atom stereocenters. The van der Waals surface area contributed by atoms with Gasteiger partial charge in [-0.05, 0) is 18.2 Å². The van der Waals surface area contributed by atoms with Crippen LogP contribution in [0.5, 0.6) is 0 Å². The van der Waals surface area contributed by atoms with Gasteiger partial charge in [-0.15, -0.1) is 10.2 Å². The lowest BCUT2D eigenvalue weighted by Gasteiger charge is -2.13. The molecule has 7 nitrogen and oxygen atoms in total. The van der Waals surface area contributed by atoms with E-state index in [9.17, 15) is 4.79 Å². The van der Waals surface area contributed by atoms with Crippen LogP contribution in [0.1, 0.15) is 10.4 Å². The van der Waals surface area contributed by atoms with Crippen molar-refractivity contribution in [2.75, 3.05) is 11.7 Å². The number of hydrazone groups is 1.